The summed E-state index contributed by atoms with van der Waals surface area (Å²) in [6, 6.07) is 15.7. The molecule has 146 valence electrons. The summed E-state index contributed by atoms with van der Waals surface area (Å²) in [6.07, 6.45) is -0.966. The summed E-state index contributed by atoms with van der Waals surface area (Å²) in [5, 5.41) is 10.7. The highest BCUT2D eigenvalue weighted by Gasteiger charge is 2.57. The molecule has 1 amide bonds. The highest BCUT2D eigenvalue weighted by molar-refractivity contribution is 6.19. The van der Waals surface area contributed by atoms with Gasteiger partial charge < -0.3 is 9.47 Å². The molecule has 1 N–H and O–H groups in total. The molecule has 2 aromatic rings. The molecular formula is C21H21NO6. The molecule has 1 aliphatic carbocycles. The molecule has 0 spiro atoms. The molecule has 28 heavy (non-hydrogen) atoms. The van der Waals surface area contributed by atoms with Crippen LogP contribution in [-0.2, 0) is 27.3 Å². The van der Waals surface area contributed by atoms with E-state index in [4.69, 9.17) is 9.47 Å². The van der Waals surface area contributed by atoms with Gasteiger partial charge in [-0.2, -0.15) is 5.06 Å². The zero-order valence-electron chi connectivity index (χ0n) is 15.5. The average molecular weight is 383 g/mol. The van der Waals surface area contributed by atoms with Gasteiger partial charge in [0.15, 0.2) is 0 Å². The van der Waals surface area contributed by atoms with E-state index >= 15 is 0 Å². The topological polar surface area (TPSA) is 93.1 Å². The first-order chi connectivity index (χ1) is 13.5. The highest BCUT2D eigenvalue weighted by atomic mass is 16.6. The number of Topliss-reactive ketones (excluding diaryl/α,β-unsaturated/α-hetero) is 1. The van der Waals surface area contributed by atoms with E-state index in [1.165, 1.54) is 0 Å². The first-order valence-electron chi connectivity index (χ1n) is 9.00. The fraction of sp³-hybridized carbons (Fsp3) is 0.286. The molecule has 0 saturated carbocycles. The van der Waals surface area contributed by atoms with Crippen molar-refractivity contribution in [3.63, 3.8) is 0 Å². The number of nitrogens with zero attached hydrogens (tertiary/aromatic N) is 1. The van der Waals surface area contributed by atoms with Crippen molar-refractivity contribution < 1.29 is 29.1 Å². The summed E-state index contributed by atoms with van der Waals surface area (Å²) in [5.41, 5.74) is -0.442. The SMILES string of the molecule is CCOC(=O)C1(N(O)C(=O)OCc2ccccc2)CCc2ccccc2C1=O. The second kappa shape index (κ2) is 8.22. The van der Waals surface area contributed by atoms with Crippen LogP contribution in [0.25, 0.3) is 0 Å². The summed E-state index contributed by atoms with van der Waals surface area (Å²) in [4.78, 5) is 38.4. The summed E-state index contributed by atoms with van der Waals surface area (Å²) in [6.45, 7) is 1.48. The van der Waals surface area contributed by atoms with Gasteiger partial charge in [0.25, 0.3) is 0 Å². The van der Waals surface area contributed by atoms with Gasteiger partial charge in [-0.05, 0) is 30.9 Å². The van der Waals surface area contributed by atoms with Crippen LogP contribution >= 0.6 is 0 Å². The summed E-state index contributed by atoms with van der Waals surface area (Å²) in [5.74, 6) is -1.67. The van der Waals surface area contributed by atoms with Crippen LogP contribution in [0.1, 0.15) is 34.8 Å². The molecule has 3 rings (SSSR count). The Kier molecular flexibility index (Phi) is 5.75. The number of fused-ring (bicyclic) bond motifs is 1. The van der Waals surface area contributed by atoms with Crippen molar-refractivity contribution in [2.45, 2.75) is 31.9 Å². The smallest absolute Gasteiger partial charge is 0.435 e. The van der Waals surface area contributed by atoms with Crippen molar-refractivity contribution in [1.29, 1.82) is 0 Å². The second-order valence-electron chi connectivity index (χ2n) is 6.42. The number of carbonyl (C=O) groups is 3. The number of ether oxygens (including phenoxy) is 2. The predicted octanol–water partition coefficient (Wildman–Crippen LogP) is 3.15. The number of ketones is 1. The Morgan fingerprint density at radius 3 is 2.46 bits per heavy atom. The summed E-state index contributed by atoms with van der Waals surface area (Å²) in [7, 11) is 0. The molecule has 7 nitrogen and oxygen atoms in total. The van der Waals surface area contributed by atoms with E-state index in [-0.39, 0.29) is 30.3 Å². The van der Waals surface area contributed by atoms with Crippen LogP contribution in [0.4, 0.5) is 4.79 Å². The normalized spacial score (nSPS) is 18.1. The van der Waals surface area contributed by atoms with E-state index in [1.807, 2.05) is 6.07 Å². The van der Waals surface area contributed by atoms with Gasteiger partial charge in [-0.25, -0.2) is 9.59 Å². The van der Waals surface area contributed by atoms with Crippen LogP contribution in [-0.4, -0.2) is 40.3 Å². The Hall–Kier alpha value is -3.19. The number of esters is 1. The molecule has 0 fully saturated rings. The molecule has 7 heteroatoms. The third kappa shape index (κ3) is 3.48. The third-order valence-electron chi connectivity index (χ3n) is 4.75. The third-order valence-corrected chi connectivity index (χ3v) is 4.75. The lowest BCUT2D eigenvalue weighted by molar-refractivity contribution is -0.181. The molecule has 2 aromatic carbocycles. The Labute approximate surface area is 162 Å². The summed E-state index contributed by atoms with van der Waals surface area (Å²) >= 11 is 0. The molecule has 0 heterocycles. The van der Waals surface area contributed by atoms with E-state index in [1.54, 1.807) is 55.5 Å². The van der Waals surface area contributed by atoms with E-state index < -0.39 is 23.4 Å². The number of benzene rings is 2. The second-order valence-corrected chi connectivity index (χ2v) is 6.42. The minimum absolute atomic E-state index is 0.00239. The van der Waals surface area contributed by atoms with Crippen molar-refractivity contribution in [2.24, 2.45) is 0 Å². The van der Waals surface area contributed by atoms with Gasteiger partial charge in [-0.3, -0.25) is 10.0 Å². The number of aryl methyl sites for hydroxylation is 1. The number of amides is 1. The predicted molar refractivity (Wildman–Crippen MR) is 98.7 cm³/mol. The number of hydroxylamine groups is 2. The maximum absolute atomic E-state index is 13.2. The minimum Gasteiger partial charge on any atom is -0.464 e. The van der Waals surface area contributed by atoms with Gasteiger partial charge in [0.1, 0.15) is 6.61 Å². The van der Waals surface area contributed by atoms with Crippen LogP contribution in [0.15, 0.2) is 54.6 Å². The van der Waals surface area contributed by atoms with Gasteiger partial charge in [0, 0.05) is 5.56 Å². The number of carbonyl (C=O) groups excluding carboxylic acids is 3. The molecular weight excluding hydrogens is 362 g/mol. The van der Waals surface area contributed by atoms with Crippen LogP contribution in [0.5, 0.6) is 0 Å². The zero-order valence-corrected chi connectivity index (χ0v) is 15.5. The molecule has 0 saturated heterocycles. The van der Waals surface area contributed by atoms with Crippen molar-refractivity contribution in [2.75, 3.05) is 6.61 Å². The Balaban J connectivity index is 1.88. The van der Waals surface area contributed by atoms with Crippen molar-refractivity contribution >= 4 is 17.8 Å². The van der Waals surface area contributed by atoms with E-state index in [0.717, 1.165) is 5.56 Å². The van der Waals surface area contributed by atoms with Gasteiger partial charge in [0.05, 0.1) is 6.61 Å². The van der Waals surface area contributed by atoms with E-state index in [2.05, 4.69) is 0 Å². The Morgan fingerprint density at radius 1 is 1.07 bits per heavy atom. The minimum atomic E-state index is -2.17. The van der Waals surface area contributed by atoms with Gasteiger partial charge in [-0.15, -0.1) is 0 Å². The van der Waals surface area contributed by atoms with Crippen LogP contribution in [0.3, 0.4) is 0 Å². The lowest BCUT2D eigenvalue weighted by Gasteiger charge is -2.38. The van der Waals surface area contributed by atoms with Crippen molar-refractivity contribution in [3.05, 3.63) is 71.3 Å². The Morgan fingerprint density at radius 2 is 1.75 bits per heavy atom. The highest BCUT2D eigenvalue weighted by Crippen LogP contribution is 2.34. The van der Waals surface area contributed by atoms with E-state index in [9.17, 15) is 19.6 Å². The largest absolute Gasteiger partial charge is 0.464 e. The fourth-order valence-electron chi connectivity index (χ4n) is 3.28. The van der Waals surface area contributed by atoms with Crippen molar-refractivity contribution in [3.8, 4) is 0 Å². The van der Waals surface area contributed by atoms with Crippen molar-refractivity contribution in [1.82, 2.24) is 5.06 Å². The van der Waals surface area contributed by atoms with Crippen LogP contribution in [0, 0.1) is 0 Å². The Bertz CT molecular complexity index is 881. The molecule has 1 aliphatic rings. The molecule has 1 atom stereocenters. The number of hydrogen-bond donors (Lipinski definition) is 1. The van der Waals surface area contributed by atoms with Gasteiger partial charge in [0.2, 0.25) is 11.3 Å². The summed E-state index contributed by atoms with van der Waals surface area (Å²) < 4.78 is 10.1. The maximum Gasteiger partial charge on any atom is 0.435 e. The van der Waals surface area contributed by atoms with Gasteiger partial charge >= 0.3 is 12.1 Å². The lowest BCUT2D eigenvalue weighted by atomic mass is 9.76. The molecule has 0 aromatic heterocycles. The molecule has 1 unspecified atom stereocenters. The molecule has 0 radical (unpaired) electrons. The fourth-order valence-corrected chi connectivity index (χ4v) is 3.28. The van der Waals surface area contributed by atoms with Crippen LogP contribution < -0.4 is 0 Å². The standard InChI is InChI=1S/C21H21NO6/c1-2-27-19(24)21(13-12-16-10-6-7-11-17(16)18(21)23)22(26)20(25)28-14-15-8-4-3-5-9-15/h3-11,26H,2,12-14H2,1H3. The average Bonchev–Trinajstić information content (AvgIpc) is 2.73. The van der Waals surface area contributed by atoms with Gasteiger partial charge in [-0.1, -0.05) is 54.6 Å². The molecule has 0 bridgehead atoms. The maximum atomic E-state index is 13.2. The number of hydrogen-bond acceptors (Lipinski definition) is 6. The number of rotatable bonds is 5. The zero-order chi connectivity index (χ0) is 20.1. The molecule has 0 aliphatic heterocycles. The lowest BCUT2D eigenvalue weighted by Crippen LogP contribution is -2.63. The van der Waals surface area contributed by atoms with E-state index in [0.29, 0.717) is 12.0 Å². The first-order valence-corrected chi connectivity index (χ1v) is 9.00. The quantitative estimate of drug-likeness (QED) is 0.369. The first kappa shape index (κ1) is 19.6. The monoisotopic (exact) mass is 383 g/mol. The van der Waals surface area contributed by atoms with Crippen LogP contribution in [0.2, 0.25) is 0 Å².